The standard InChI is InChI=1S/C22H43NO4/c1-4-7-9-11-12-13-14-15-17-19-27-21(24)20(18-16-10-8-5-2)23-22(25)26-6-3/h20H,4-19H2,1-3H3,(H,23,25). The van der Waals surface area contributed by atoms with Gasteiger partial charge in [-0.15, -0.1) is 0 Å². The maximum atomic E-state index is 12.3. The molecular weight excluding hydrogens is 342 g/mol. The predicted octanol–water partition coefficient (Wildman–Crippen LogP) is 6.15. The van der Waals surface area contributed by atoms with Crippen molar-refractivity contribution >= 4 is 12.1 Å². The molecule has 0 aromatic carbocycles. The van der Waals surface area contributed by atoms with Crippen LogP contribution in [0.1, 0.15) is 111 Å². The maximum absolute atomic E-state index is 12.3. The van der Waals surface area contributed by atoms with Crippen molar-refractivity contribution in [1.82, 2.24) is 5.32 Å². The molecule has 0 aromatic rings. The van der Waals surface area contributed by atoms with Gasteiger partial charge in [0.05, 0.1) is 13.2 Å². The molecule has 0 saturated carbocycles. The van der Waals surface area contributed by atoms with Crippen LogP contribution >= 0.6 is 0 Å². The SMILES string of the molecule is CCCCCCCCCCCOC(=O)C(CCCCCC)NC(=O)OCC. The summed E-state index contributed by atoms with van der Waals surface area (Å²) in [5, 5.41) is 2.64. The molecule has 1 unspecified atom stereocenters. The van der Waals surface area contributed by atoms with E-state index in [1.54, 1.807) is 6.92 Å². The molecule has 0 aliphatic heterocycles. The number of ether oxygens (including phenoxy) is 2. The molecule has 1 atom stereocenters. The van der Waals surface area contributed by atoms with Crippen molar-refractivity contribution < 1.29 is 19.1 Å². The molecule has 5 nitrogen and oxygen atoms in total. The number of carbonyl (C=O) groups excluding carboxylic acids is 2. The number of amides is 1. The van der Waals surface area contributed by atoms with Crippen molar-refractivity contribution in [2.75, 3.05) is 13.2 Å². The molecule has 1 N–H and O–H groups in total. The minimum atomic E-state index is -0.598. The van der Waals surface area contributed by atoms with E-state index in [0.29, 0.717) is 19.6 Å². The maximum Gasteiger partial charge on any atom is 0.407 e. The number of hydrogen-bond donors (Lipinski definition) is 1. The van der Waals surface area contributed by atoms with Gasteiger partial charge in [0.25, 0.3) is 0 Å². The van der Waals surface area contributed by atoms with Gasteiger partial charge in [-0.2, -0.15) is 0 Å². The van der Waals surface area contributed by atoms with Gasteiger partial charge in [-0.1, -0.05) is 90.9 Å². The van der Waals surface area contributed by atoms with Crippen molar-refractivity contribution in [2.45, 2.75) is 117 Å². The van der Waals surface area contributed by atoms with E-state index in [1.165, 1.54) is 44.9 Å². The second-order valence-corrected chi connectivity index (χ2v) is 7.26. The summed E-state index contributed by atoms with van der Waals surface area (Å²) in [6.07, 6.45) is 15.4. The Balaban J connectivity index is 3.93. The van der Waals surface area contributed by atoms with Crippen LogP contribution in [0.2, 0.25) is 0 Å². The average molecular weight is 386 g/mol. The fourth-order valence-corrected chi connectivity index (χ4v) is 3.03. The normalized spacial score (nSPS) is 11.8. The Labute approximate surface area is 167 Å². The number of esters is 1. The van der Waals surface area contributed by atoms with E-state index in [-0.39, 0.29) is 5.97 Å². The summed E-state index contributed by atoms with van der Waals surface area (Å²) in [7, 11) is 0. The summed E-state index contributed by atoms with van der Waals surface area (Å²) >= 11 is 0. The molecule has 0 radical (unpaired) electrons. The molecule has 0 aromatic heterocycles. The first-order chi connectivity index (χ1) is 13.2. The van der Waals surface area contributed by atoms with Gasteiger partial charge in [0.1, 0.15) is 6.04 Å². The van der Waals surface area contributed by atoms with Gasteiger partial charge in [-0.3, -0.25) is 0 Å². The average Bonchev–Trinajstić information content (AvgIpc) is 2.65. The molecule has 0 saturated heterocycles. The van der Waals surface area contributed by atoms with Gasteiger partial charge in [0.15, 0.2) is 0 Å². The van der Waals surface area contributed by atoms with Gasteiger partial charge >= 0.3 is 12.1 Å². The number of unbranched alkanes of at least 4 members (excludes halogenated alkanes) is 11. The molecule has 160 valence electrons. The summed E-state index contributed by atoms with van der Waals surface area (Å²) in [6.45, 7) is 6.86. The second-order valence-electron chi connectivity index (χ2n) is 7.26. The van der Waals surface area contributed by atoms with Crippen molar-refractivity contribution in [1.29, 1.82) is 0 Å². The zero-order valence-electron chi connectivity index (χ0n) is 18.0. The lowest BCUT2D eigenvalue weighted by atomic mass is 10.1. The van der Waals surface area contributed by atoms with E-state index >= 15 is 0 Å². The van der Waals surface area contributed by atoms with Crippen molar-refractivity contribution in [3.63, 3.8) is 0 Å². The van der Waals surface area contributed by atoms with Gasteiger partial charge in [0.2, 0.25) is 0 Å². The highest BCUT2D eigenvalue weighted by Gasteiger charge is 2.22. The van der Waals surface area contributed by atoms with Crippen LogP contribution in [-0.2, 0) is 14.3 Å². The lowest BCUT2D eigenvalue weighted by molar-refractivity contribution is -0.146. The molecule has 5 heteroatoms. The van der Waals surface area contributed by atoms with E-state index in [2.05, 4.69) is 19.2 Å². The number of hydrogen-bond acceptors (Lipinski definition) is 4. The number of carbonyl (C=O) groups is 2. The molecule has 0 bridgehead atoms. The van der Waals surface area contributed by atoms with E-state index in [0.717, 1.165) is 38.5 Å². The number of nitrogens with one attached hydrogen (secondary N) is 1. The Morgan fingerprint density at radius 3 is 1.78 bits per heavy atom. The Kier molecular flexibility index (Phi) is 18.6. The fraction of sp³-hybridized carbons (Fsp3) is 0.909. The van der Waals surface area contributed by atoms with Crippen LogP contribution in [0.5, 0.6) is 0 Å². The van der Waals surface area contributed by atoms with Crippen LogP contribution in [0.15, 0.2) is 0 Å². The lowest BCUT2D eigenvalue weighted by Gasteiger charge is -2.17. The quantitative estimate of drug-likeness (QED) is 0.227. The monoisotopic (exact) mass is 385 g/mol. The third-order valence-corrected chi connectivity index (χ3v) is 4.69. The van der Waals surface area contributed by atoms with Crippen molar-refractivity contribution in [3.8, 4) is 0 Å². The van der Waals surface area contributed by atoms with Crippen molar-refractivity contribution in [3.05, 3.63) is 0 Å². The molecule has 0 aliphatic carbocycles. The summed E-state index contributed by atoms with van der Waals surface area (Å²) in [4.78, 5) is 23.9. The molecule has 0 spiro atoms. The summed E-state index contributed by atoms with van der Waals surface area (Å²) < 4.78 is 10.3. The summed E-state index contributed by atoms with van der Waals surface area (Å²) in [5.74, 6) is -0.334. The Hall–Kier alpha value is -1.26. The molecule has 0 rings (SSSR count). The van der Waals surface area contributed by atoms with Gasteiger partial charge in [0, 0.05) is 0 Å². The van der Waals surface area contributed by atoms with Crippen LogP contribution in [0.25, 0.3) is 0 Å². The predicted molar refractivity (Wildman–Crippen MR) is 111 cm³/mol. The largest absolute Gasteiger partial charge is 0.464 e. The van der Waals surface area contributed by atoms with Crippen LogP contribution in [0.4, 0.5) is 4.79 Å². The first kappa shape index (κ1) is 25.7. The third kappa shape index (κ3) is 16.6. The van der Waals surface area contributed by atoms with Crippen LogP contribution in [-0.4, -0.2) is 31.3 Å². The Bertz CT molecular complexity index is 360. The number of alkyl carbamates (subject to hydrolysis) is 1. The molecule has 0 heterocycles. The van der Waals surface area contributed by atoms with Crippen molar-refractivity contribution in [2.24, 2.45) is 0 Å². The fourth-order valence-electron chi connectivity index (χ4n) is 3.03. The Morgan fingerprint density at radius 1 is 0.704 bits per heavy atom. The van der Waals surface area contributed by atoms with E-state index < -0.39 is 12.1 Å². The van der Waals surface area contributed by atoms with Crippen LogP contribution in [0, 0.1) is 0 Å². The lowest BCUT2D eigenvalue weighted by Crippen LogP contribution is -2.42. The van der Waals surface area contributed by atoms with Gasteiger partial charge < -0.3 is 14.8 Å². The molecule has 27 heavy (non-hydrogen) atoms. The zero-order chi connectivity index (χ0) is 20.2. The van der Waals surface area contributed by atoms with E-state index in [9.17, 15) is 9.59 Å². The zero-order valence-corrected chi connectivity index (χ0v) is 18.0. The summed E-state index contributed by atoms with van der Waals surface area (Å²) in [6, 6.07) is -0.598. The highest BCUT2D eigenvalue weighted by Crippen LogP contribution is 2.11. The minimum absolute atomic E-state index is 0.294. The second kappa shape index (κ2) is 19.5. The highest BCUT2D eigenvalue weighted by atomic mass is 16.6. The first-order valence-corrected chi connectivity index (χ1v) is 11.3. The molecule has 0 fully saturated rings. The summed E-state index contributed by atoms with van der Waals surface area (Å²) in [5.41, 5.74) is 0. The Morgan fingerprint density at radius 2 is 1.22 bits per heavy atom. The minimum Gasteiger partial charge on any atom is -0.464 e. The topological polar surface area (TPSA) is 64.6 Å². The van der Waals surface area contributed by atoms with Crippen LogP contribution < -0.4 is 5.32 Å². The van der Waals surface area contributed by atoms with Crippen LogP contribution in [0.3, 0.4) is 0 Å². The van der Waals surface area contributed by atoms with E-state index in [4.69, 9.17) is 9.47 Å². The van der Waals surface area contributed by atoms with E-state index in [1.807, 2.05) is 0 Å². The highest BCUT2D eigenvalue weighted by molar-refractivity contribution is 5.81. The van der Waals surface area contributed by atoms with Gasteiger partial charge in [-0.05, 0) is 19.8 Å². The number of rotatable bonds is 18. The molecular formula is C22H43NO4. The molecule has 0 aliphatic rings. The molecule has 1 amide bonds. The first-order valence-electron chi connectivity index (χ1n) is 11.3. The van der Waals surface area contributed by atoms with Gasteiger partial charge in [-0.25, -0.2) is 9.59 Å². The third-order valence-electron chi connectivity index (χ3n) is 4.69. The smallest absolute Gasteiger partial charge is 0.407 e.